The lowest BCUT2D eigenvalue weighted by atomic mass is 10.1. The van der Waals surface area contributed by atoms with Gasteiger partial charge in [-0.2, -0.15) is 11.8 Å². The minimum atomic E-state index is -0.326. The summed E-state index contributed by atoms with van der Waals surface area (Å²) in [5, 5.41) is 9.66. The Balaban J connectivity index is 0.00000312. The molecule has 1 aliphatic heterocycles. The summed E-state index contributed by atoms with van der Waals surface area (Å²) in [6.45, 7) is 8.92. The predicted molar refractivity (Wildman–Crippen MR) is 116 cm³/mol. The van der Waals surface area contributed by atoms with Crippen molar-refractivity contribution in [2.75, 3.05) is 32.0 Å². The molecule has 2 atom stereocenters. The van der Waals surface area contributed by atoms with Crippen LogP contribution in [0.25, 0.3) is 0 Å². The minimum Gasteiger partial charge on any atom is -0.450 e. The van der Waals surface area contributed by atoms with Crippen LogP contribution in [0.3, 0.4) is 0 Å². The molecule has 3 N–H and O–H groups in total. The Morgan fingerprint density at radius 3 is 2.68 bits per heavy atom. The van der Waals surface area contributed by atoms with Crippen molar-refractivity contribution in [2.24, 2.45) is 10.9 Å². The van der Waals surface area contributed by atoms with Gasteiger partial charge in [-0.15, -0.1) is 24.0 Å². The zero-order chi connectivity index (χ0) is 17.4. The van der Waals surface area contributed by atoms with E-state index in [1.807, 2.05) is 18.7 Å². The summed E-state index contributed by atoms with van der Waals surface area (Å²) in [6, 6.07) is 0.101. The van der Waals surface area contributed by atoms with Gasteiger partial charge in [0.05, 0.1) is 19.2 Å². The van der Waals surface area contributed by atoms with E-state index in [0.717, 1.165) is 19.0 Å². The van der Waals surface area contributed by atoms with E-state index in [0.29, 0.717) is 19.1 Å². The third kappa shape index (κ3) is 8.23. The molecule has 0 aromatic rings. The van der Waals surface area contributed by atoms with Gasteiger partial charge in [-0.25, -0.2) is 4.79 Å². The predicted octanol–water partition coefficient (Wildman–Crippen LogP) is 2.97. The lowest BCUT2D eigenvalue weighted by Gasteiger charge is -2.23. The van der Waals surface area contributed by atoms with Crippen LogP contribution >= 0.6 is 35.7 Å². The van der Waals surface area contributed by atoms with Crippen LogP contribution in [0.1, 0.15) is 46.5 Å². The Labute approximate surface area is 173 Å². The van der Waals surface area contributed by atoms with Gasteiger partial charge in [-0.05, 0) is 58.1 Å². The SMILES string of the molecule is CCNC(=NCC1(C)CCCS1)NCC(NC(=O)OCC)C1CC1.I. The number of guanidine groups is 1. The molecule has 146 valence electrons. The van der Waals surface area contributed by atoms with Crippen LogP contribution in [0.4, 0.5) is 4.79 Å². The number of thioether (sulfide) groups is 1. The molecule has 2 rings (SSSR count). The highest BCUT2D eigenvalue weighted by Gasteiger charge is 2.33. The molecule has 0 radical (unpaired) electrons. The van der Waals surface area contributed by atoms with Crippen LogP contribution in [0, 0.1) is 5.92 Å². The maximum Gasteiger partial charge on any atom is 0.407 e. The normalized spacial score (nSPS) is 24.2. The molecule has 1 aliphatic carbocycles. The molecular formula is C17H33IN4O2S. The van der Waals surface area contributed by atoms with Gasteiger partial charge in [0.25, 0.3) is 0 Å². The number of carbonyl (C=O) groups excluding carboxylic acids is 1. The Hall–Kier alpha value is -0.380. The maximum atomic E-state index is 11.7. The number of ether oxygens (including phenoxy) is 1. The van der Waals surface area contributed by atoms with E-state index in [1.165, 1.54) is 31.4 Å². The second-order valence-electron chi connectivity index (χ2n) is 6.79. The Morgan fingerprint density at radius 1 is 1.36 bits per heavy atom. The average molecular weight is 484 g/mol. The first-order valence-electron chi connectivity index (χ1n) is 9.15. The summed E-state index contributed by atoms with van der Waals surface area (Å²) < 4.78 is 5.27. The first kappa shape index (κ1) is 22.7. The van der Waals surface area contributed by atoms with Gasteiger partial charge in [-0.3, -0.25) is 4.99 Å². The number of alkyl carbamates (subject to hydrolysis) is 1. The fraction of sp³-hybridized carbons (Fsp3) is 0.882. The summed E-state index contributed by atoms with van der Waals surface area (Å²) in [7, 11) is 0. The van der Waals surface area contributed by atoms with E-state index in [-0.39, 0.29) is 40.9 Å². The summed E-state index contributed by atoms with van der Waals surface area (Å²) in [4.78, 5) is 16.5. The van der Waals surface area contributed by atoms with E-state index < -0.39 is 0 Å². The molecule has 6 nitrogen and oxygen atoms in total. The fourth-order valence-corrected chi connectivity index (χ4v) is 4.14. The Morgan fingerprint density at radius 2 is 2.12 bits per heavy atom. The molecule has 1 heterocycles. The molecule has 1 amide bonds. The molecule has 1 saturated heterocycles. The van der Waals surface area contributed by atoms with Crippen LogP contribution in [0.5, 0.6) is 0 Å². The smallest absolute Gasteiger partial charge is 0.407 e. The highest BCUT2D eigenvalue weighted by molar-refractivity contribution is 14.0. The molecule has 25 heavy (non-hydrogen) atoms. The van der Waals surface area contributed by atoms with Crippen molar-refractivity contribution in [3.05, 3.63) is 0 Å². The number of rotatable bonds is 8. The van der Waals surface area contributed by atoms with Crippen molar-refractivity contribution in [1.82, 2.24) is 16.0 Å². The van der Waals surface area contributed by atoms with Crippen molar-refractivity contribution in [3.63, 3.8) is 0 Å². The molecule has 1 saturated carbocycles. The number of carbonyl (C=O) groups is 1. The zero-order valence-electron chi connectivity index (χ0n) is 15.6. The maximum absolute atomic E-state index is 11.7. The second kappa shape index (κ2) is 11.4. The molecule has 8 heteroatoms. The third-order valence-electron chi connectivity index (χ3n) is 4.48. The van der Waals surface area contributed by atoms with Gasteiger partial charge in [0, 0.05) is 17.8 Å². The van der Waals surface area contributed by atoms with Crippen molar-refractivity contribution < 1.29 is 9.53 Å². The zero-order valence-corrected chi connectivity index (χ0v) is 18.7. The number of amides is 1. The quantitative estimate of drug-likeness (QED) is 0.281. The Kier molecular flexibility index (Phi) is 10.3. The summed E-state index contributed by atoms with van der Waals surface area (Å²) in [5.74, 6) is 2.62. The largest absolute Gasteiger partial charge is 0.450 e. The number of aliphatic imine (C=N–C) groups is 1. The third-order valence-corrected chi connectivity index (χ3v) is 6.00. The fourth-order valence-electron chi connectivity index (χ4n) is 2.91. The van der Waals surface area contributed by atoms with Gasteiger partial charge in [-0.1, -0.05) is 0 Å². The molecule has 2 aliphatic rings. The van der Waals surface area contributed by atoms with Gasteiger partial charge in [0.15, 0.2) is 5.96 Å². The average Bonchev–Trinajstić information content (AvgIpc) is 3.31. The van der Waals surface area contributed by atoms with Gasteiger partial charge in [0.2, 0.25) is 0 Å². The van der Waals surface area contributed by atoms with Crippen molar-refractivity contribution in [1.29, 1.82) is 0 Å². The van der Waals surface area contributed by atoms with E-state index >= 15 is 0 Å². The van der Waals surface area contributed by atoms with Crippen molar-refractivity contribution in [2.45, 2.75) is 57.2 Å². The lowest BCUT2D eigenvalue weighted by Crippen LogP contribution is -2.48. The number of nitrogens with zero attached hydrogens (tertiary/aromatic N) is 1. The topological polar surface area (TPSA) is 74.8 Å². The molecule has 2 unspecified atom stereocenters. The van der Waals surface area contributed by atoms with Gasteiger partial charge in [0.1, 0.15) is 0 Å². The highest BCUT2D eigenvalue weighted by Crippen LogP contribution is 2.37. The van der Waals surface area contributed by atoms with E-state index in [9.17, 15) is 4.79 Å². The summed E-state index contributed by atoms with van der Waals surface area (Å²) >= 11 is 2.02. The monoisotopic (exact) mass is 484 g/mol. The molecular weight excluding hydrogens is 451 g/mol. The van der Waals surface area contributed by atoms with Crippen LogP contribution in [-0.2, 0) is 4.74 Å². The molecule has 0 bridgehead atoms. The molecule has 0 spiro atoms. The molecule has 2 fully saturated rings. The van der Waals surface area contributed by atoms with E-state index in [2.05, 4.69) is 29.8 Å². The standard InChI is InChI=1S/C17H32N4O2S.HI/c1-4-18-15(20-12-17(3)9-6-10-24-17)19-11-14(13-7-8-13)21-16(22)23-5-2;/h13-14H,4-12H2,1-3H3,(H,21,22)(H2,18,19,20);1H. The van der Waals surface area contributed by atoms with E-state index in [4.69, 9.17) is 9.73 Å². The lowest BCUT2D eigenvalue weighted by molar-refractivity contribution is 0.146. The summed E-state index contributed by atoms with van der Waals surface area (Å²) in [6.07, 6.45) is 4.53. The van der Waals surface area contributed by atoms with Crippen LogP contribution in [-0.4, -0.2) is 54.8 Å². The summed E-state index contributed by atoms with van der Waals surface area (Å²) in [5.41, 5.74) is 0. The first-order chi connectivity index (χ1) is 11.6. The van der Waals surface area contributed by atoms with Crippen LogP contribution in [0.15, 0.2) is 4.99 Å². The number of nitrogens with one attached hydrogen (secondary N) is 3. The number of hydrogen-bond acceptors (Lipinski definition) is 4. The second-order valence-corrected chi connectivity index (χ2v) is 8.47. The molecule has 0 aromatic heterocycles. The number of halogens is 1. The van der Waals surface area contributed by atoms with Crippen molar-refractivity contribution in [3.8, 4) is 0 Å². The minimum absolute atomic E-state index is 0. The van der Waals surface area contributed by atoms with Crippen LogP contribution in [0.2, 0.25) is 0 Å². The Bertz CT molecular complexity index is 440. The van der Waals surface area contributed by atoms with Crippen molar-refractivity contribution >= 4 is 47.8 Å². The van der Waals surface area contributed by atoms with Crippen LogP contribution < -0.4 is 16.0 Å². The van der Waals surface area contributed by atoms with Gasteiger partial charge < -0.3 is 20.7 Å². The van der Waals surface area contributed by atoms with E-state index in [1.54, 1.807) is 0 Å². The van der Waals surface area contributed by atoms with Gasteiger partial charge >= 0.3 is 6.09 Å². The number of hydrogen-bond donors (Lipinski definition) is 3. The molecule has 0 aromatic carbocycles. The highest BCUT2D eigenvalue weighted by atomic mass is 127. The first-order valence-corrected chi connectivity index (χ1v) is 10.1.